The lowest BCUT2D eigenvalue weighted by atomic mass is 10.1. The van der Waals surface area contributed by atoms with Crippen LogP contribution in [0.2, 0.25) is 0 Å². The van der Waals surface area contributed by atoms with Crippen molar-refractivity contribution in [1.82, 2.24) is 5.32 Å². The fourth-order valence-corrected chi connectivity index (χ4v) is 3.12. The molecule has 0 amide bonds. The van der Waals surface area contributed by atoms with Crippen LogP contribution in [0.15, 0.2) is 22.7 Å². The molecule has 1 rings (SSSR count). The molecule has 0 radical (unpaired) electrons. The number of thioether (sulfide) groups is 1. The maximum atomic E-state index is 13.4. The molecule has 0 fully saturated rings. The fourth-order valence-electron chi connectivity index (χ4n) is 1.61. The van der Waals surface area contributed by atoms with E-state index in [-0.39, 0.29) is 5.82 Å². The Morgan fingerprint density at radius 2 is 2.17 bits per heavy atom. The lowest BCUT2D eigenvalue weighted by Crippen LogP contribution is -2.30. The second kappa shape index (κ2) is 8.18. The molecule has 0 aliphatic heterocycles. The minimum absolute atomic E-state index is 0.183. The van der Waals surface area contributed by atoms with Gasteiger partial charge in [-0.05, 0) is 47.4 Å². The summed E-state index contributed by atoms with van der Waals surface area (Å²) in [6.45, 7) is 4.45. The molecule has 1 nitrogen and oxygen atoms in total. The summed E-state index contributed by atoms with van der Waals surface area (Å²) in [6, 6.07) is 5.60. The van der Waals surface area contributed by atoms with Crippen LogP contribution < -0.4 is 5.32 Å². The van der Waals surface area contributed by atoms with E-state index >= 15 is 0 Å². The van der Waals surface area contributed by atoms with Gasteiger partial charge >= 0.3 is 0 Å². The number of rotatable bonds is 7. The van der Waals surface area contributed by atoms with E-state index in [2.05, 4.69) is 35.1 Å². The van der Waals surface area contributed by atoms with Gasteiger partial charge in [0.1, 0.15) is 5.82 Å². The van der Waals surface area contributed by atoms with Crippen LogP contribution in [0.4, 0.5) is 4.39 Å². The van der Waals surface area contributed by atoms with Crippen LogP contribution in [0.5, 0.6) is 0 Å². The summed E-state index contributed by atoms with van der Waals surface area (Å²) in [5, 5.41) is 3.99. The van der Waals surface area contributed by atoms with Crippen molar-refractivity contribution in [2.45, 2.75) is 38.0 Å². The van der Waals surface area contributed by atoms with Crippen LogP contribution in [-0.4, -0.2) is 24.1 Å². The minimum Gasteiger partial charge on any atom is -0.316 e. The van der Waals surface area contributed by atoms with Crippen LogP contribution in [-0.2, 0) is 6.42 Å². The summed E-state index contributed by atoms with van der Waals surface area (Å²) < 4.78 is 14.0. The first-order chi connectivity index (χ1) is 8.58. The smallest absolute Gasteiger partial charge is 0.137 e. The molecule has 102 valence electrons. The molecule has 1 N–H and O–H groups in total. The van der Waals surface area contributed by atoms with Crippen LogP contribution in [0.1, 0.15) is 25.8 Å². The normalized spacial score (nSPS) is 14.5. The molecule has 2 unspecified atom stereocenters. The highest BCUT2D eigenvalue weighted by molar-refractivity contribution is 9.10. The van der Waals surface area contributed by atoms with Crippen LogP contribution in [0, 0.1) is 5.82 Å². The predicted molar refractivity (Wildman–Crippen MR) is 82.9 cm³/mol. The van der Waals surface area contributed by atoms with E-state index in [0.29, 0.717) is 15.8 Å². The first-order valence-electron chi connectivity index (χ1n) is 6.30. The molecule has 2 atom stereocenters. The first-order valence-corrected chi connectivity index (χ1v) is 8.14. The molecular weight excluding hydrogens is 313 g/mol. The van der Waals surface area contributed by atoms with E-state index < -0.39 is 0 Å². The summed E-state index contributed by atoms with van der Waals surface area (Å²) in [5.41, 5.74) is 1.03. The molecule has 0 spiro atoms. The predicted octanol–water partition coefficient (Wildman–Crippen LogP) is 4.25. The number of nitrogens with one attached hydrogen (secondary N) is 1. The van der Waals surface area contributed by atoms with Crippen molar-refractivity contribution < 1.29 is 4.39 Å². The first kappa shape index (κ1) is 16.0. The second-order valence-electron chi connectivity index (χ2n) is 4.45. The van der Waals surface area contributed by atoms with Crippen molar-refractivity contribution >= 4 is 27.7 Å². The van der Waals surface area contributed by atoms with Gasteiger partial charge in [0.15, 0.2) is 0 Å². The Kier molecular flexibility index (Phi) is 7.27. The number of hydrogen-bond donors (Lipinski definition) is 1. The van der Waals surface area contributed by atoms with Crippen LogP contribution >= 0.6 is 27.7 Å². The van der Waals surface area contributed by atoms with Gasteiger partial charge in [-0.15, -0.1) is 0 Å². The molecule has 4 heteroatoms. The minimum atomic E-state index is -0.183. The molecule has 18 heavy (non-hydrogen) atoms. The van der Waals surface area contributed by atoms with Crippen LogP contribution in [0.3, 0.4) is 0 Å². The van der Waals surface area contributed by atoms with E-state index in [1.165, 1.54) is 12.5 Å². The summed E-state index contributed by atoms with van der Waals surface area (Å²) in [6.07, 6.45) is 2.03. The average Bonchev–Trinajstić information content (AvgIpc) is 2.38. The van der Waals surface area contributed by atoms with E-state index in [0.717, 1.165) is 17.7 Å². The van der Waals surface area contributed by atoms with Gasteiger partial charge in [-0.3, -0.25) is 0 Å². The highest BCUT2D eigenvalue weighted by atomic mass is 79.9. The standard InChI is InChI=1S/C14H21BrFNS/c1-4-10(2)18-9-12(17-3)8-11-6-5-7-13(16)14(11)15/h5-7,10,12,17H,4,8-9H2,1-3H3. The Morgan fingerprint density at radius 3 is 2.78 bits per heavy atom. The van der Waals surface area contributed by atoms with Gasteiger partial charge in [-0.2, -0.15) is 11.8 Å². The largest absolute Gasteiger partial charge is 0.316 e. The second-order valence-corrected chi connectivity index (χ2v) is 6.72. The highest BCUT2D eigenvalue weighted by Gasteiger charge is 2.13. The molecule has 1 aromatic rings. The monoisotopic (exact) mass is 333 g/mol. The van der Waals surface area contributed by atoms with Gasteiger partial charge in [0, 0.05) is 17.0 Å². The molecule has 0 aromatic heterocycles. The number of benzene rings is 1. The topological polar surface area (TPSA) is 12.0 Å². The number of halogens is 2. The van der Waals surface area contributed by atoms with E-state index in [1.54, 1.807) is 6.07 Å². The number of likely N-dealkylation sites (N-methyl/N-ethyl adjacent to an activating group) is 1. The third-order valence-corrected chi connectivity index (χ3v) is 5.45. The van der Waals surface area contributed by atoms with Crippen molar-refractivity contribution in [3.63, 3.8) is 0 Å². The third-order valence-electron chi connectivity index (χ3n) is 3.06. The summed E-state index contributed by atoms with van der Waals surface area (Å²) >= 11 is 5.29. The zero-order valence-corrected chi connectivity index (χ0v) is 13.6. The van der Waals surface area contributed by atoms with Crippen molar-refractivity contribution in [2.75, 3.05) is 12.8 Å². The number of hydrogen-bond acceptors (Lipinski definition) is 2. The molecule has 0 saturated carbocycles. The molecule has 0 bridgehead atoms. The Morgan fingerprint density at radius 1 is 1.44 bits per heavy atom. The van der Waals surface area contributed by atoms with Gasteiger partial charge in [0.25, 0.3) is 0 Å². The van der Waals surface area contributed by atoms with Gasteiger partial charge in [0.2, 0.25) is 0 Å². The van der Waals surface area contributed by atoms with Crippen molar-refractivity contribution in [3.8, 4) is 0 Å². The van der Waals surface area contributed by atoms with Gasteiger partial charge in [-0.25, -0.2) is 4.39 Å². The van der Waals surface area contributed by atoms with E-state index in [9.17, 15) is 4.39 Å². The zero-order chi connectivity index (χ0) is 13.5. The summed E-state index contributed by atoms with van der Waals surface area (Å²) in [4.78, 5) is 0. The van der Waals surface area contributed by atoms with Gasteiger partial charge in [0.05, 0.1) is 4.47 Å². The van der Waals surface area contributed by atoms with Gasteiger partial charge in [-0.1, -0.05) is 26.0 Å². The molecule has 0 heterocycles. The maximum Gasteiger partial charge on any atom is 0.137 e. The van der Waals surface area contributed by atoms with Crippen molar-refractivity contribution in [1.29, 1.82) is 0 Å². The maximum absolute atomic E-state index is 13.4. The van der Waals surface area contributed by atoms with Crippen LogP contribution in [0.25, 0.3) is 0 Å². The summed E-state index contributed by atoms with van der Waals surface area (Å²) in [5.74, 6) is 0.867. The average molecular weight is 334 g/mol. The Bertz CT molecular complexity index is 373. The fraction of sp³-hybridized carbons (Fsp3) is 0.571. The Balaban J connectivity index is 2.59. The summed E-state index contributed by atoms with van der Waals surface area (Å²) in [7, 11) is 1.97. The lowest BCUT2D eigenvalue weighted by Gasteiger charge is -2.19. The highest BCUT2D eigenvalue weighted by Crippen LogP contribution is 2.23. The Labute approximate surface area is 122 Å². The zero-order valence-electron chi connectivity index (χ0n) is 11.2. The quantitative estimate of drug-likeness (QED) is 0.800. The molecule has 0 aliphatic rings. The van der Waals surface area contributed by atoms with Gasteiger partial charge < -0.3 is 5.32 Å². The lowest BCUT2D eigenvalue weighted by molar-refractivity contribution is 0.596. The van der Waals surface area contributed by atoms with E-state index in [4.69, 9.17) is 0 Å². The molecule has 0 aliphatic carbocycles. The van der Waals surface area contributed by atoms with Crippen molar-refractivity contribution in [2.24, 2.45) is 0 Å². The molecule has 0 saturated heterocycles. The molecule has 1 aromatic carbocycles. The Hall–Kier alpha value is -0.0600. The molecular formula is C14H21BrFNS. The SMILES string of the molecule is CCC(C)SCC(Cc1cccc(F)c1Br)NC. The van der Waals surface area contributed by atoms with E-state index in [1.807, 2.05) is 24.9 Å². The third kappa shape index (κ3) is 4.90. The van der Waals surface area contributed by atoms with Crippen molar-refractivity contribution in [3.05, 3.63) is 34.1 Å².